The summed E-state index contributed by atoms with van der Waals surface area (Å²) >= 11 is 0. The number of aliphatic hydroxyl groups is 1. The fourth-order valence-electron chi connectivity index (χ4n) is 3.91. The van der Waals surface area contributed by atoms with Gasteiger partial charge in [0.1, 0.15) is 5.75 Å². The number of aliphatic hydroxyl groups excluding tert-OH is 1. The highest BCUT2D eigenvalue weighted by Crippen LogP contribution is 2.43. The van der Waals surface area contributed by atoms with Gasteiger partial charge in [-0.1, -0.05) is 36.4 Å². The Bertz CT molecular complexity index is 916. The molecule has 0 saturated heterocycles. The lowest BCUT2D eigenvalue weighted by molar-refractivity contribution is 0.153. The Morgan fingerprint density at radius 2 is 2.17 bits per heavy atom. The Labute approximate surface area is 140 Å². The fraction of sp³-hybridized carbons (Fsp3) is 0.250. The largest absolute Gasteiger partial charge is 0.493 e. The third kappa shape index (κ3) is 2.00. The van der Waals surface area contributed by atoms with Gasteiger partial charge in [0.05, 0.1) is 37.0 Å². The van der Waals surface area contributed by atoms with Crippen molar-refractivity contribution in [2.24, 2.45) is 0 Å². The highest BCUT2D eigenvalue weighted by Gasteiger charge is 2.30. The number of benzene rings is 2. The molecule has 2 aliphatic rings. The summed E-state index contributed by atoms with van der Waals surface area (Å²) in [6.45, 7) is 0.739. The summed E-state index contributed by atoms with van der Waals surface area (Å²) in [6.07, 6.45) is 4.80. The molecule has 3 aromatic rings. The average Bonchev–Trinajstić information content (AvgIpc) is 3.31. The maximum Gasteiger partial charge on any atom is 0.122 e. The first-order chi connectivity index (χ1) is 11.8. The van der Waals surface area contributed by atoms with Crippen LogP contribution in [0.15, 0.2) is 55.0 Å². The molecule has 0 amide bonds. The van der Waals surface area contributed by atoms with E-state index in [-0.39, 0.29) is 6.04 Å². The zero-order valence-electron chi connectivity index (χ0n) is 13.2. The van der Waals surface area contributed by atoms with Crippen LogP contribution < -0.4 is 4.74 Å². The van der Waals surface area contributed by atoms with Gasteiger partial charge in [0.15, 0.2) is 0 Å². The SMILES string of the molecule is OC(CC1c2ccccc2-c2cncn21)c1ccc2c(c1)OCC2. The molecule has 0 spiro atoms. The summed E-state index contributed by atoms with van der Waals surface area (Å²) < 4.78 is 7.80. The van der Waals surface area contributed by atoms with E-state index >= 15 is 0 Å². The number of aromatic nitrogens is 2. The maximum atomic E-state index is 10.8. The van der Waals surface area contributed by atoms with E-state index < -0.39 is 6.10 Å². The van der Waals surface area contributed by atoms with Gasteiger partial charge in [-0.3, -0.25) is 0 Å². The molecule has 1 N–H and O–H groups in total. The number of rotatable bonds is 3. The topological polar surface area (TPSA) is 47.3 Å². The third-order valence-corrected chi connectivity index (χ3v) is 5.15. The number of hydrogen-bond acceptors (Lipinski definition) is 3. The average molecular weight is 318 g/mol. The highest BCUT2D eigenvalue weighted by atomic mass is 16.5. The Kier molecular flexibility index (Phi) is 3.00. The summed E-state index contributed by atoms with van der Waals surface area (Å²) in [5.74, 6) is 0.918. The van der Waals surface area contributed by atoms with Crippen LogP contribution in [-0.4, -0.2) is 21.3 Å². The van der Waals surface area contributed by atoms with Crippen molar-refractivity contribution in [1.82, 2.24) is 9.55 Å². The first-order valence-corrected chi connectivity index (χ1v) is 8.36. The minimum Gasteiger partial charge on any atom is -0.493 e. The number of nitrogens with zero attached hydrogens (tertiary/aromatic N) is 2. The fourth-order valence-corrected chi connectivity index (χ4v) is 3.91. The maximum absolute atomic E-state index is 10.8. The van der Waals surface area contributed by atoms with E-state index in [0.717, 1.165) is 30.0 Å². The molecule has 0 bridgehead atoms. The van der Waals surface area contributed by atoms with Gasteiger partial charge in [-0.25, -0.2) is 4.98 Å². The monoisotopic (exact) mass is 318 g/mol. The van der Waals surface area contributed by atoms with E-state index in [9.17, 15) is 5.11 Å². The molecule has 3 heterocycles. The van der Waals surface area contributed by atoms with Crippen molar-refractivity contribution in [3.63, 3.8) is 0 Å². The van der Waals surface area contributed by atoms with Crippen molar-refractivity contribution in [1.29, 1.82) is 0 Å². The van der Waals surface area contributed by atoms with Crippen LogP contribution in [0.1, 0.15) is 35.3 Å². The Hall–Kier alpha value is -2.59. The normalized spacial score (nSPS) is 18.6. The zero-order chi connectivity index (χ0) is 16.1. The molecule has 2 aromatic carbocycles. The third-order valence-electron chi connectivity index (χ3n) is 5.15. The van der Waals surface area contributed by atoms with Crippen LogP contribution >= 0.6 is 0 Å². The first-order valence-electron chi connectivity index (χ1n) is 8.36. The number of hydrogen-bond donors (Lipinski definition) is 1. The van der Waals surface area contributed by atoms with Gasteiger partial charge in [-0.2, -0.15) is 0 Å². The van der Waals surface area contributed by atoms with E-state index in [1.807, 2.05) is 30.7 Å². The van der Waals surface area contributed by atoms with Gasteiger partial charge in [0, 0.05) is 18.4 Å². The summed E-state index contributed by atoms with van der Waals surface area (Å²) in [4.78, 5) is 4.28. The molecule has 24 heavy (non-hydrogen) atoms. The van der Waals surface area contributed by atoms with Crippen LogP contribution in [-0.2, 0) is 6.42 Å². The lowest BCUT2D eigenvalue weighted by Crippen LogP contribution is -2.10. The van der Waals surface area contributed by atoms with Gasteiger partial charge in [0.25, 0.3) is 0 Å². The van der Waals surface area contributed by atoms with Gasteiger partial charge in [-0.05, 0) is 22.8 Å². The van der Waals surface area contributed by atoms with E-state index in [2.05, 4.69) is 33.8 Å². The molecular weight excluding hydrogens is 300 g/mol. The van der Waals surface area contributed by atoms with E-state index in [1.165, 1.54) is 16.7 Å². The smallest absolute Gasteiger partial charge is 0.122 e. The lowest BCUT2D eigenvalue weighted by Gasteiger charge is -2.19. The molecular formula is C20H18N2O2. The van der Waals surface area contributed by atoms with E-state index in [4.69, 9.17) is 4.74 Å². The van der Waals surface area contributed by atoms with Crippen LogP contribution in [0, 0.1) is 0 Å². The first kappa shape index (κ1) is 13.8. The predicted molar refractivity (Wildman–Crippen MR) is 91.0 cm³/mol. The highest BCUT2D eigenvalue weighted by molar-refractivity contribution is 5.68. The Balaban J connectivity index is 1.48. The van der Waals surface area contributed by atoms with Crippen molar-refractivity contribution in [3.8, 4) is 17.0 Å². The molecule has 120 valence electrons. The summed E-state index contributed by atoms with van der Waals surface area (Å²) in [6, 6.07) is 14.6. The molecule has 2 unspecified atom stereocenters. The van der Waals surface area contributed by atoms with Gasteiger partial charge < -0.3 is 14.4 Å². The van der Waals surface area contributed by atoms with Crippen molar-refractivity contribution in [3.05, 3.63) is 71.7 Å². The number of imidazole rings is 1. The van der Waals surface area contributed by atoms with Gasteiger partial charge in [0.2, 0.25) is 0 Å². The van der Waals surface area contributed by atoms with Crippen LogP contribution in [0.5, 0.6) is 5.75 Å². The molecule has 2 atom stereocenters. The second-order valence-electron chi connectivity index (χ2n) is 6.51. The number of ether oxygens (including phenoxy) is 1. The molecule has 5 rings (SSSR count). The van der Waals surface area contributed by atoms with E-state index in [0.29, 0.717) is 6.42 Å². The number of fused-ring (bicyclic) bond motifs is 4. The van der Waals surface area contributed by atoms with Crippen molar-refractivity contribution in [2.45, 2.75) is 25.0 Å². The van der Waals surface area contributed by atoms with Crippen molar-refractivity contribution < 1.29 is 9.84 Å². The van der Waals surface area contributed by atoms with Gasteiger partial charge >= 0.3 is 0 Å². The Morgan fingerprint density at radius 3 is 3.12 bits per heavy atom. The van der Waals surface area contributed by atoms with Crippen LogP contribution in [0.25, 0.3) is 11.3 Å². The summed E-state index contributed by atoms with van der Waals surface area (Å²) in [5, 5.41) is 10.8. The van der Waals surface area contributed by atoms with Crippen molar-refractivity contribution >= 4 is 0 Å². The summed E-state index contributed by atoms with van der Waals surface area (Å²) in [7, 11) is 0. The quantitative estimate of drug-likeness (QED) is 0.804. The molecule has 0 fully saturated rings. The van der Waals surface area contributed by atoms with E-state index in [1.54, 1.807) is 0 Å². The molecule has 4 heteroatoms. The molecule has 2 aliphatic heterocycles. The molecule has 1 aromatic heterocycles. The molecule has 4 nitrogen and oxygen atoms in total. The zero-order valence-corrected chi connectivity index (χ0v) is 13.2. The summed E-state index contributed by atoms with van der Waals surface area (Å²) in [5.41, 5.74) is 5.74. The Morgan fingerprint density at radius 1 is 1.25 bits per heavy atom. The van der Waals surface area contributed by atoms with Gasteiger partial charge in [-0.15, -0.1) is 0 Å². The second-order valence-corrected chi connectivity index (χ2v) is 6.51. The minimum absolute atomic E-state index is 0.114. The standard InChI is InChI=1S/C20H18N2O2/c23-19(14-6-5-13-7-8-24-20(13)9-14)10-17-15-3-1-2-4-16(15)18-11-21-12-22(17)18/h1-6,9,11-12,17,19,23H,7-8,10H2. The van der Waals surface area contributed by atoms with Crippen molar-refractivity contribution in [2.75, 3.05) is 6.61 Å². The minimum atomic E-state index is -0.536. The van der Waals surface area contributed by atoms with Crippen LogP contribution in [0.2, 0.25) is 0 Å². The van der Waals surface area contributed by atoms with Crippen LogP contribution in [0.3, 0.4) is 0 Å². The van der Waals surface area contributed by atoms with Crippen LogP contribution in [0.4, 0.5) is 0 Å². The second kappa shape index (κ2) is 5.21. The molecule has 0 saturated carbocycles. The predicted octanol–water partition coefficient (Wildman–Crippen LogP) is 3.51. The molecule has 0 aliphatic carbocycles. The molecule has 0 radical (unpaired) electrons. The lowest BCUT2D eigenvalue weighted by atomic mass is 9.95.